The molecule has 27 heavy (non-hydrogen) atoms. The van der Waals surface area contributed by atoms with E-state index in [0.717, 1.165) is 25.0 Å². The molecule has 1 saturated carbocycles. The number of halogens is 3. The summed E-state index contributed by atoms with van der Waals surface area (Å²) in [5, 5.41) is 15.3. The normalized spacial score (nSPS) is 20.1. The summed E-state index contributed by atoms with van der Waals surface area (Å²) in [6.45, 7) is 0. The van der Waals surface area contributed by atoms with Gasteiger partial charge in [0.05, 0.1) is 11.7 Å². The number of rotatable bonds is 4. The Kier molecular flexibility index (Phi) is 5.59. The van der Waals surface area contributed by atoms with Crippen molar-refractivity contribution in [1.82, 2.24) is 9.97 Å². The van der Waals surface area contributed by atoms with Crippen LogP contribution in [0.2, 0.25) is 0 Å². The lowest BCUT2D eigenvalue weighted by Crippen LogP contribution is -2.30. The second-order valence-electron chi connectivity index (χ2n) is 6.43. The summed E-state index contributed by atoms with van der Waals surface area (Å²) in [5.41, 5.74) is -0.504. The van der Waals surface area contributed by atoms with Crippen LogP contribution < -0.4 is 10.6 Å². The fourth-order valence-corrected chi connectivity index (χ4v) is 2.96. The van der Waals surface area contributed by atoms with E-state index < -0.39 is 17.6 Å². The highest BCUT2D eigenvalue weighted by Crippen LogP contribution is 2.30. The minimum absolute atomic E-state index is 0.0588. The molecule has 0 radical (unpaired) electrons. The molecule has 3 N–H and O–H groups in total. The topological polar surface area (TPSA) is 87.1 Å². The highest BCUT2D eigenvalue weighted by molar-refractivity contribution is 6.05. The zero-order valence-electron chi connectivity index (χ0n) is 14.3. The van der Waals surface area contributed by atoms with Crippen LogP contribution in [-0.2, 0) is 6.18 Å². The maximum Gasteiger partial charge on any atom is 0.416 e. The third kappa shape index (κ3) is 4.94. The lowest BCUT2D eigenvalue weighted by molar-refractivity contribution is -0.137. The van der Waals surface area contributed by atoms with Crippen molar-refractivity contribution in [3.63, 3.8) is 0 Å². The molecule has 0 spiro atoms. The number of alkyl halides is 3. The fourth-order valence-electron chi connectivity index (χ4n) is 2.96. The highest BCUT2D eigenvalue weighted by Gasteiger charge is 2.30. The van der Waals surface area contributed by atoms with Crippen LogP contribution in [0.4, 0.5) is 24.7 Å². The van der Waals surface area contributed by atoms with E-state index in [2.05, 4.69) is 20.6 Å². The van der Waals surface area contributed by atoms with E-state index in [4.69, 9.17) is 0 Å². The van der Waals surface area contributed by atoms with E-state index in [1.165, 1.54) is 24.5 Å². The van der Waals surface area contributed by atoms with Crippen molar-refractivity contribution in [3.8, 4) is 0 Å². The van der Waals surface area contributed by atoms with Crippen molar-refractivity contribution in [2.24, 2.45) is 0 Å². The van der Waals surface area contributed by atoms with E-state index in [9.17, 15) is 23.1 Å². The van der Waals surface area contributed by atoms with Crippen molar-refractivity contribution in [2.75, 3.05) is 10.6 Å². The summed E-state index contributed by atoms with van der Waals surface area (Å²) in [5.74, 6) is -0.260. The van der Waals surface area contributed by atoms with Gasteiger partial charge in [0.25, 0.3) is 5.91 Å². The first-order valence-electron chi connectivity index (χ1n) is 8.57. The van der Waals surface area contributed by atoms with Gasteiger partial charge in [0.2, 0.25) is 0 Å². The number of nitrogens with one attached hydrogen (secondary N) is 2. The van der Waals surface area contributed by atoms with Gasteiger partial charge in [-0.3, -0.25) is 4.79 Å². The van der Waals surface area contributed by atoms with Gasteiger partial charge in [-0.15, -0.1) is 0 Å². The Morgan fingerprint density at radius 3 is 2.30 bits per heavy atom. The van der Waals surface area contributed by atoms with Gasteiger partial charge >= 0.3 is 6.18 Å². The van der Waals surface area contributed by atoms with Gasteiger partial charge in [0.1, 0.15) is 0 Å². The number of hydrogen-bond acceptors (Lipinski definition) is 5. The zero-order chi connectivity index (χ0) is 19.4. The number of benzene rings is 1. The minimum Gasteiger partial charge on any atom is -0.393 e. The van der Waals surface area contributed by atoms with Gasteiger partial charge in [0.15, 0.2) is 11.5 Å². The van der Waals surface area contributed by atoms with Crippen LogP contribution in [-0.4, -0.2) is 33.1 Å². The van der Waals surface area contributed by atoms with E-state index in [1.807, 2.05) is 0 Å². The van der Waals surface area contributed by atoms with E-state index >= 15 is 0 Å². The molecule has 0 atom stereocenters. The Labute approximate surface area is 153 Å². The van der Waals surface area contributed by atoms with Crippen LogP contribution in [0.15, 0.2) is 36.7 Å². The Morgan fingerprint density at radius 2 is 1.67 bits per heavy atom. The lowest BCUT2D eigenvalue weighted by atomic mass is 9.93. The molecule has 9 heteroatoms. The Hall–Kier alpha value is -2.68. The molecule has 1 aliphatic carbocycles. The minimum atomic E-state index is -4.43. The number of aromatic nitrogens is 2. The van der Waals surface area contributed by atoms with Crippen LogP contribution in [0.25, 0.3) is 0 Å². The van der Waals surface area contributed by atoms with Crippen molar-refractivity contribution < 1.29 is 23.1 Å². The SMILES string of the molecule is O=C(Nc1ccc(C(F)(F)F)cc1)c1nccnc1NC1CCC(O)CC1. The van der Waals surface area contributed by atoms with E-state index in [1.54, 1.807) is 0 Å². The van der Waals surface area contributed by atoms with Crippen molar-refractivity contribution in [2.45, 2.75) is 44.0 Å². The molecular weight excluding hydrogens is 361 g/mol. The number of carbonyl (C=O) groups is 1. The van der Waals surface area contributed by atoms with Gasteiger partial charge in [-0.2, -0.15) is 13.2 Å². The monoisotopic (exact) mass is 380 g/mol. The number of nitrogens with zero attached hydrogens (tertiary/aromatic N) is 2. The molecule has 6 nitrogen and oxygen atoms in total. The first-order chi connectivity index (χ1) is 12.8. The van der Waals surface area contributed by atoms with E-state index in [0.29, 0.717) is 18.7 Å². The van der Waals surface area contributed by atoms with Crippen molar-refractivity contribution in [3.05, 3.63) is 47.9 Å². The number of anilines is 2. The molecule has 0 saturated heterocycles. The average molecular weight is 380 g/mol. The molecule has 1 aromatic carbocycles. The smallest absolute Gasteiger partial charge is 0.393 e. The van der Waals surface area contributed by atoms with Crippen LogP contribution in [0.1, 0.15) is 41.7 Å². The largest absolute Gasteiger partial charge is 0.416 e. The molecule has 1 heterocycles. The van der Waals surface area contributed by atoms with Crippen LogP contribution in [0.5, 0.6) is 0 Å². The number of carbonyl (C=O) groups excluding carboxylic acids is 1. The molecular formula is C18H19F3N4O2. The number of aliphatic hydroxyl groups excluding tert-OH is 1. The third-order valence-corrected chi connectivity index (χ3v) is 4.42. The zero-order valence-corrected chi connectivity index (χ0v) is 14.3. The number of aliphatic hydroxyl groups is 1. The molecule has 0 bridgehead atoms. The van der Waals surface area contributed by atoms with Gasteiger partial charge < -0.3 is 15.7 Å². The van der Waals surface area contributed by atoms with Crippen molar-refractivity contribution >= 4 is 17.4 Å². The van der Waals surface area contributed by atoms with Crippen LogP contribution in [0, 0.1) is 0 Å². The predicted molar refractivity (Wildman–Crippen MR) is 93.3 cm³/mol. The van der Waals surface area contributed by atoms with Gasteiger partial charge in [-0.1, -0.05) is 0 Å². The summed E-state index contributed by atoms with van der Waals surface area (Å²) in [4.78, 5) is 20.7. The van der Waals surface area contributed by atoms with Gasteiger partial charge in [-0.25, -0.2) is 9.97 Å². The lowest BCUT2D eigenvalue weighted by Gasteiger charge is -2.26. The molecule has 0 unspecified atom stereocenters. The Bertz CT molecular complexity index is 788. The molecule has 3 rings (SSSR count). The molecule has 2 aromatic rings. The second kappa shape index (κ2) is 7.91. The Balaban J connectivity index is 1.70. The average Bonchev–Trinajstić information content (AvgIpc) is 2.64. The number of hydrogen-bond donors (Lipinski definition) is 3. The van der Waals surface area contributed by atoms with Crippen molar-refractivity contribution in [1.29, 1.82) is 0 Å². The standard InChI is InChI=1S/C18H19F3N4O2/c19-18(20,21)11-1-3-13(4-2-11)25-17(27)15-16(23-10-9-22-15)24-12-5-7-14(26)8-6-12/h1-4,9-10,12,14,26H,5-8H2,(H,23,24)(H,25,27). The number of amides is 1. The highest BCUT2D eigenvalue weighted by atomic mass is 19.4. The third-order valence-electron chi connectivity index (χ3n) is 4.42. The van der Waals surface area contributed by atoms with Crippen LogP contribution >= 0.6 is 0 Å². The maximum atomic E-state index is 12.6. The molecule has 144 valence electrons. The predicted octanol–water partition coefficient (Wildman–Crippen LogP) is 3.46. The summed E-state index contributed by atoms with van der Waals surface area (Å²) >= 11 is 0. The second-order valence-corrected chi connectivity index (χ2v) is 6.43. The summed E-state index contributed by atoms with van der Waals surface area (Å²) < 4.78 is 37.9. The quantitative estimate of drug-likeness (QED) is 0.756. The van der Waals surface area contributed by atoms with E-state index in [-0.39, 0.29) is 23.5 Å². The first-order valence-corrected chi connectivity index (χ1v) is 8.57. The molecule has 1 aromatic heterocycles. The molecule has 1 fully saturated rings. The van der Waals surface area contributed by atoms with Crippen LogP contribution in [0.3, 0.4) is 0 Å². The Morgan fingerprint density at radius 1 is 1.04 bits per heavy atom. The molecule has 1 amide bonds. The van der Waals surface area contributed by atoms with Gasteiger partial charge in [0, 0.05) is 24.1 Å². The summed E-state index contributed by atoms with van der Waals surface area (Å²) in [7, 11) is 0. The molecule has 1 aliphatic rings. The maximum absolute atomic E-state index is 12.6. The first kappa shape index (κ1) is 19.1. The fraction of sp³-hybridized carbons (Fsp3) is 0.389. The molecule has 0 aliphatic heterocycles. The van der Waals surface area contributed by atoms with Gasteiger partial charge in [-0.05, 0) is 49.9 Å². The summed E-state index contributed by atoms with van der Waals surface area (Å²) in [6, 6.07) is 4.25. The summed E-state index contributed by atoms with van der Waals surface area (Å²) in [6.07, 6.45) is 0.933.